The van der Waals surface area contributed by atoms with Gasteiger partial charge in [0.25, 0.3) is 0 Å². The van der Waals surface area contributed by atoms with E-state index >= 15 is 0 Å². The van der Waals surface area contributed by atoms with Crippen LogP contribution >= 0.6 is 0 Å². The van der Waals surface area contributed by atoms with Crippen molar-refractivity contribution in [1.29, 1.82) is 0 Å². The summed E-state index contributed by atoms with van der Waals surface area (Å²) >= 11 is 0. The van der Waals surface area contributed by atoms with Crippen LogP contribution in [0, 0.1) is 0 Å². The van der Waals surface area contributed by atoms with Crippen LogP contribution in [0.3, 0.4) is 0 Å². The van der Waals surface area contributed by atoms with Gasteiger partial charge in [0.15, 0.2) is 0 Å². The van der Waals surface area contributed by atoms with Gasteiger partial charge >= 0.3 is 0 Å². The summed E-state index contributed by atoms with van der Waals surface area (Å²) in [5.41, 5.74) is 0. The Hall–Kier alpha value is -0.130. The fourth-order valence-electron chi connectivity index (χ4n) is 1.70. The molecule has 1 saturated carbocycles. The van der Waals surface area contributed by atoms with Gasteiger partial charge in [-0.3, -0.25) is 0 Å². The Bertz CT molecular complexity index is 285. The molecule has 0 aromatic carbocycles. The third-order valence-electron chi connectivity index (χ3n) is 2.64. The van der Waals surface area contributed by atoms with Crippen LogP contribution in [0.1, 0.15) is 19.8 Å². The van der Waals surface area contributed by atoms with Crippen LogP contribution in [0.4, 0.5) is 0 Å². The van der Waals surface area contributed by atoms with Crippen molar-refractivity contribution in [2.45, 2.75) is 31.1 Å². The maximum atomic E-state index is 11.8. The van der Waals surface area contributed by atoms with Crippen molar-refractivity contribution in [1.82, 2.24) is 9.62 Å². The first-order valence-electron chi connectivity index (χ1n) is 4.83. The van der Waals surface area contributed by atoms with Crippen LogP contribution in [0.2, 0.25) is 0 Å². The fraction of sp³-hybridized carbons (Fsp3) is 1.00. The lowest BCUT2D eigenvalue weighted by Gasteiger charge is -2.30. The minimum Gasteiger partial charge on any atom is -0.312 e. The van der Waals surface area contributed by atoms with Gasteiger partial charge in [0.2, 0.25) is 10.0 Å². The van der Waals surface area contributed by atoms with Crippen LogP contribution in [0.5, 0.6) is 0 Å². The van der Waals surface area contributed by atoms with Crippen LogP contribution in [0.15, 0.2) is 0 Å². The summed E-state index contributed by atoms with van der Waals surface area (Å²) in [6.45, 7) is 4.09. The molecule has 0 radical (unpaired) electrons. The molecule has 2 fully saturated rings. The molecule has 1 aliphatic heterocycles. The Morgan fingerprint density at radius 1 is 1.38 bits per heavy atom. The summed E-state index contributed by atoms with van der Waals surface area (Å²) in [5, 5.41) is 3.18. The Balaban J connectivity index is 2.06. The minimum atomic E-state index is -2.93. The monoisotopic (exact) mass is 204 g/mol. The predicted octanol–water partition coefficient (Wildman–Crippen LogP) is -0.228. The number of rotatable bonds is 2. The Morgan fingerprint density at radius 2 is 2.08 bits per heavy atom. The first-order chi connectivity index (χ1) is 6.10. The van der Waals surface area contributed by atoms with Crippen LogP contribution in [-0.2, 0) is 10.0 Å². The highest BCUT2D eigenvalue weighted by atomic mass is 32.2. The van der Waals surface area contributed by atoms with Crippen LogP contribution < -0.4 is 5.32 Å². The summed E-state index contributed by atoms with van der Waals surface area (Å²) in [6.07, 6.45) is 1.72. The summed E-state index contributed by atoms with van der Waals surface area (Å²) in [4.78, 5) is 0. The number of piperazine rings is 1. The van der Waals surface area contributed by atoms with Crippen molar-refractivity contribution < 1.29 is 8.42 Å². The molecule has 0 spiro atoms. The average Bonchev–Trinajstić information content (AvgIpc) is 2.86. The number of hydrogen-bond acceptors (Lipinski definition) is 3. The molecule has 0 unspecified atom stereocenters. The van der Waals surface area contributed by atoms with E-state index in [1.165, 1.54) is 0 Å². The van der Waals surface area contributed by atoms with Gasteiger partial charge in [0.05, 0.1) is 5.25 Å². The van der Waals surface area contributed by atoms with Crippen molar-refractivity contribution >= 4 is 10.0 Å². The molecule has 1 aliphatic carbocycles. The molecule has 5 heteroatoms. The first kappa shape index (κ1) is 9.43. The molecular formula is C8H16N2O2S. The maximum absolute atomic E-state index is 11.8. The molecule has 0 bridgehead atoms. The summed E-state index contributed by atoms with van der Waals surface area (Å²) in [6, 6.07) is 0.294. The standard InChI is InChI=1S/C8H16N2O2S/c1-7-6-10(5-4-9-7)13(11,12)8-2-3-8/h7-9H,2-6H2,1H3/t7-/m0/s1. The highest BCUT2D eigenvalue weighted by molar-refractivity contribution is 7.90. The van der Waals surface area contributed by atoms with Crippen molar-refractivity contribution in [3.05, 3.63) is 0 Å². The lowest BCUT2D eigenvalue weighted by molar-refractivity contribution is 0.310. The highest BCUT2D eigenvalue weighted by Crippen LogP contribution is 2.31. The van der Waals surface area contributed by atoms with E-state index in [1.54, 1.807) is 4.31 Å². The second-order valence-electron chi connectivity index (χ2n) is 3.96. The maximum Gasteiger partial charge on any atom is 0.217 e. The van der Waals surface area contributed by atoms with Gasteiger partial charge in [-0.2, -0.15) is 4.31 Å². The largest absolute Gasteiger partial charge is 0.312 e. The molecule has 76 valence electrons. The van der Waals surface area contributed by atoms with Gasteiger partial charge in [0, 0.05) is 25.7 Å². The number of nitrogens with one attached hydrogen (secondary N) is 1. The third-order valence-corrected chi connectivity index (χ3v) is 5.00. The van der Waals surface area contributed by atoms with Crippen LogP contribution in [-0.4, -0.2) is 43.6 Å². The molecule has 1 saturated heterocycles. The quantitative estimate of drug-likeness (QED) is 0.676. The number of sulfonamides is 1. The third kappa shape index (κ3) is 1.87. The molecule has 2 aliphatic rings. The first-order valence-corrected chi connectivity index (χ1v) is 6.33. The molecule has 1 heterocycles. The van der Waals surface area contributed by atoms with E-state index in [4.69, 9.17) is 0 Å². The predicted molar refractivity (Wildman–Crippen MR) is 51.0 cm³/mol. The Kier molecular flexibility index (Phi) is 2.33. The normalized spacial score (nSPS) is 31.9. The van der Waals surface area contributed by atoms with E-state index in [-0.39, 0.29) is 5.25 Å². The van der Waals surface area contributed by atoms with Gasteiger partial charge in [-0.05, 0) is 19.8 Å². The zero-order valence-corrected chi connectivity index (χ0v) is 8.68. The van der Waals surface area contributed by atoms with Gasteiger partial charge in [0.1, 0.15) is 0 Å². The van der Waals surface area contributed by atoms with E-state index in [0.29, 0.717) is 19.1 Å². The summed E-state index contributed by atoms with van der Waals surface area (Å²) in [5.74, 6) is 0. The van der Waals surface area contributed by atoms with E-state index in [1.807, 2.05) is 6.92 Å². The van der Waals surface area contributed by atoms with Crippen LogP contribution in [0.25, 0.3) is 0 Å². The van der Waals surface area contributed by atoms with Crippen molar-refractivity contribution in [3.8, 4) is 0 Å². The molecule has 2 rings (SSSR count). The molecule has 1 atom stereocenters. The zero-order chi connectivity index (χ0) is 9.47. The summed E-state index contributed by atoms with van der Waals surface area (Å²) in [7, 11) is -2.93. The summed E-state index contributed by atoms with van der Waals surface area (Å²) < 4.78 is 25.2. The molecular weight excluding hydrogens is 188 g/mol. The van der Waals surface area contributed by atoms with Crippen molar-refractivity contribution in [2.75, 3.05) is 19.6 Å². The zero-order valence-electron chi connectivity index (χ0n) is 7.86. The Labute approximate surface area is 79.4 Å². The second kappa shape index (κ2) is 3.22. The molecule has 0 amide bonds. The lowest BCUT2D eigenvalue weighted by atomic mass is 10.3. The topological polar surface area (TPSA) is 49.4 Å². The number of nitrogens with zero attached hydrogens (tertiary/aromatic N) is 1. The average molecular weight is 204 g/mol. The molecule has 0 aromatic heterocycles. The minimum absolute atomic E-state index is 0.0576. The molecule has 13 heavy (non-hydrogen) atoms. The molecule has 4 nitrogen and oxygen atoms in total. The van der Waals surface area contributed by atoms with Gasteiger partial charge in [-0.1, -0.05) is 0 Å². The van der Waals surface area contributed by atoms with Crippen molar-refractivity contribution in [3.63, 3.8) is 0 Å². The van der Waals surface area contributed by atoms with Gasteiger partial charge < -0.3 is 5.32 Å². The molecule has 0 aromatic rings. The van der Waals surface area contributed by atoms with Gasteiger partial charge in [-0.25, -0.2) is 8.42 Å². The van der Waals surface area contributed by atoms with E-state index in [2.05, 4.69) is 5.32 Å². The lowest BCUT2D eigenvalue weighted by Crippen LogP contribution is -2.52. The smallest absolute Gasteiger partial charge is 0.217 e. The number of hydrogen-bond donors (Lipinski definition) is 1. The van der Waals surface area contributed by atoms with Gasteiger partial charge in [-0.15, -0.1) is 0 Å². The Morgan fingerprint density at radius 3 is 2.62 bits per heavy atom. The second-order valence-corrected chi connectivity index (χ2v) is 6.17. The highest BCUT2D eigenvalue weighted by Gasteiger charge is 2.40. The fourth-order valence-corrected chi connectivity index (χ4v) is 3.64. The van der Waals surface area contributed by atoms with E-state index in [9.17, 15) is 8.42 Å². The molecule has 1 N–H and O–H groups in total. The SMILES string of the molecule is C[C@H]1CN(S(=O)(=O)C2CC2)CCN1. The van der Waals surface area contributed by atoms with Crippen molar-refractivity contribution in [2.24, 2.45) is 0 Å². The van der Waals surface area contributed by atoms with E-state index < -0.39 is 10.0 Å². The van der Waals surface area contributed by atoms with E-state index in [0.717, 1.165) is 19.4 Å².